The zero-order valence-electron chi connectivity index (χ0n) is 15.1. The van der Waals surface area contributed by atoms with E-state index in [1.54, 1.807) is 12.1 Å². The van der Waals surface area contributed by atoms with Gasteiger partial charge in [-0.25, -0.2) is 0 Å². The van der Waals surface area contributed by atoms with Gasteiger partial charge in [0.2, 0.25) is 0 Å². The van der Waals surface area contributed by atoms with Gasteiger partial charge in [0.1, 0.15) is 0 Å². The van der Waals surface area contributed by atoms with Crippen LogP contribution in [-0.4, -0.2) is 24.4 Å². The molecule has 134 valence electrons. The number of rotatable bonds is 5. The Balaban J connectivity index is 2.28. The van der Waals surface area contributed by atoms with Crippen LogP contribution in [0.15, 0.2) is 66.7 Å². The van der Waals surface area contributed by atoms with Crippen LogP contribution in [0.3, 0.4) is 0 Å². The van der Waals surface area contributed by atoms with Gasteiger partial charge in [0.15, 0.2) is 23.0 Å². The minimum absolute atomic E-state index is 0.0925. The van der Waals surface area contributed by atoms with Gasteiger partial charge >= 0.3 is 0 Å². The summed E-state index contributed by atoms with van der Waals surface area (Å²) in [5.74, 6) is 1.01. The molecule has 0 bridgehead atoms. The minimum Gasteiger partial charge on any atom is -0.504 e. The van der Waals surface area contributed by atoms with E-state index < -0.39 is 5.41 Å². The summed E-state index contributed by atoms with van der Waals surface area (Å²) in [5.41, 5.74) is 2.43. The second kappa shape index (κ2) is 7.00. The molecule has 0 spiro atoms. The van der Waals surface area contributed by atoms with Crippen LogP contribution < -0.4 is 9.47 Å². The SMILES string of the molecule is COc1cc(C(C)(c2ccccc2)c2ccc(O)c(OC)c2)ccc1O. The molecular formula is C22H22O4. The maximum absolute atomic E-state index is 9.98. The lowest BCUT2D eigenvalue weighted by Crippen LogP contribution is -2.25. The molecule has 2 N–H and O–H groups in total. The Morgan fingerprint density at radius 1 is 0.654 bits per heavy atom. The van der Waals surface area contributed by atoms with Gasteiger partial charge in [0.25, 0.3) is 0 Å². The molecule has 3 rings (SSSR count). The van der Waals surface area contributed by atoms with E-state index in [1.165, 1.54) is 14.2 Å². The van der Waals surface area contributed by atoms with Crippen LogP contribution in [0.2, 0.25) is 0 Å². The fourth-order valence-corrected chi connectivity index (χ4v) is 3.25. The first-order valence-electron chi connectivity index (χ1n) is 8.31. The van der Waals surface area contributed by atoms with E-state index >= 15 is 0 Å². The van der Waals surface area contributed by atoms with Crippen molar-refractivity contribution in [1.29, 1.82) is 0 Å². The molecule has 0 atom stereocenters. The van der Waals surface area contributed by atoms with Crippen molar-refractivity contribution in [3.8, 4) is 23.0 Å². The van der Waals surface area contributed by atoms with Crippen molar-refractivity contribution in [2.45, 2.75) is 12.3 Å². The third-order valence-electron chi connectivity index (χ3n) is 4.87. The van der Waals surface area contributed by atoms with Gasteiger partial charge in [-0.1, -0.05) is 42.5 Å². The summed E-state index contributed by atoms with van der Waals surface area (Å²) in [6.07, 6.45) is 0. The zero-order valence-corrected chi connectivity index (χ0v) is 15.1. The average Bonchev–Trinajstić information content (AvgIpc) is 2.68. The molecule has 0 aliphatic heterocycles. The molecule has 0 aliphatic carbocycles. The van der Waals surface area contributed by atoms with Crippen LogP contribution in [0, 0.1) is 0 Å². The first-order chi connectivity index (χ1) is 12.5. The van der Waals surface area contributed by atoms with E-state index in [0.717, 1.165) is 16.7 Å². The van der Waals surface area contributed by atoms with E-state index in [4.69, 9.17) is 9.47 Å². The van der Waals surface area contributed by atoms with Crippen LogP contribution in [0.1, 0.15) is 23.6 Å². The summed E-state index contributed by atoms with van der Waals surface area (Å²) in [4.78, 5) is 0. The van der Waals surface area contributed by atoms with Crippen LogP contribution in [-0.2, 0) is 5.41 Å². The predicted molar refractivity (Wildman–Crippen MR) is 101 cm³/mol. The highest BCUT2D eigenvalue weighted by atomic mass is 16.5. The second-order valence-corrected chi connectivity index (χ2v) is 6.26. The standard InChI is InChI=1S/C22H22O4/c1-22(15-7-5-4-6-8-15,16-9-11-18(23)20(13-16)25-2)17-10-12-19(24)21(14-17)26-3/h4-14,23-24H,1-3H3. The molecule has 0 radical (unpaired) electrons. The summed E-state index contributed by atoms with van der Waals surface area (Å²) in [6.45, 7) is 2.10. The highest BCUT2D eigenvalue weighted by molar-refractivity contribution is 5.56. The molecule has 0 fully saturated rings. The number of phenolic OH excluding ortho intramolecular Hbond substituents is 2. The van der Waals surface area contributed by atoms with Crippen LogP contribution >= 0.6 is 0 Å². The maximum Gasteiger partial charge on any atom is 0.160 e. The summed E-state index contributed by atoms with van der Waals surface area (Å²) in [6, 6.07) is 20.7. The number of phenols is 2. The van der Waals surface area contributed by atoms with Crippen LogP contribution in [0.5, 0.6) is 23.0 Å². The topological polar surface area (TPSA) is 58.9 Å². The third-order valence-corrected chi connectivity index (χ3v) is 4.87. The van der Waals surface area contributed by atoms with Crippen molar-refractivity contribution in [2.24, 2.45) is 0 Å². The van der Waals surface area contributed by atoms with Crippen LogP contribution in [0.4, 0.5) is 0 Å². The van der Waals surface area contributed by atoms with Crippen molar-refractivity contribution in [1.82, 2.24) is 0 Å². The molecule has 4 heteroatoms. The molecule has 0 amide bonds. The Bertz CT molecular complexity index is 850. The molecule has 26 heavy (non-hydrogen) atoms. The molecule has 0 aliphatic rings. The fraction of sp³-hybridized carbons (Fsp3) is 0.182. The van der Waals surface area contributed by atoms with Crippen molar-refractivity contribution in [3.05, 3.63) is 83.4 Å². The van der Waals surface area contributed by atoms with Gasteiger partial charge in [-0.15, -0.1) is 0 Å². The van der Waals surface area contributed by atoms with Crippen molar-refractivity contribution < 1.29 is 19.7 Å². The van der Waals surface area contributed by atoms with Crippen molar-refractivity contribution in [2.75, 3.05) is 14.2 Å². The number of aromatic hydroxyl groups is 2. The molecule has 0 heterocycles. The molecule has 0 saturated carbocycles. The molecule has 0 unspecified atom stereocenters. The highest BCUT2D eigenvalue weighted by Gasteiger charge is 2.32. The summed E-state index contributed by atoms with van der Waals surface area (Å²) in [7, 11) is 3.06. The maximum atomic E-state index is 9.98. The van der Waals surface area contributed by atoms with Gasteiger partial charge in [0, 0.05) is 5.41 Å². The quantitative estimate of drug-likeness (QED) is 0.667. The molecule has 4 nitrogen and oxygen atoms in total. The fourth-order valence-electron chi connectivity index (χ4n) is 3.25. The Labute approximate surface area is 153 Å². The zero-order chi connectivity index (χ0) is 18.7. The van der Waals surface area contributed by atoms with E-state index in [9.17, 15) is 10.2 Å². The monoisotopic (exact) mass is 350 g/mol. The molecule has 3 aromatic rings. The second-order valence-electron chi connectivity index (χ2n) is 6.26. The number of benzene rings is 3. The normalized spacial score (nSPS) is 11.2. The molecule has 3 aromatic carbocycles. The first kappa shape index (κ1) is 17.7. The number of methoxy groups -OCH3 is 2. The van der Waals surface area contributed by atoms with Crippen molar-refractivity contribution in [3.63, 3.8) is 0 Å². The minimum atomic E-state index is -0.538. The molecular weight excluding hydrogens is 328 g/mol. The van der Waals surface area contributed by atoms with Gasteiger partial charge in [-0.2, -0.15) is 0 Å². The smallest absolute Gasteiger partial charge is 0.160 e. The lowest BCUT2D eigenvalue weighted by molar-refractivity contribution is 0.371. The lowest BCUT2D eigenvalue weighted by Gasteiger charge is -2.32. The number of ether oxygens (including phenoxy) is 2. The van der Waals surface area contributed by atoms with E-state index in [0.29, 0.717) is 11.5 Å². The summed E-state index contributed by atoms with van der Waals surface area (Å²) < 4.78 is 10.6. The van der Waals surface area contributed by atoms with Crippen LogP contribution in [0.25, 0.3) is 0 Å². The number of hydrogen-bond donors (Lipinski definition) is 2. The predicted octanol–water partition coefficient (Wildman–Crippen LogP) is 4.47. The third kappa shape index (κ3) is 2.94. The Morgan fingerprint density at radius 2 is 1.12 bits per heavy atom. The van der Waals surface area contributed by atoms with Gasteiger partial charge in [0.05, 0.1) is 14.2 Å². The van der Waals surface area contributed by atoms with E-state index in [-0.39, 0.29) is 11.5 Å². The molecule has 0 saturated heterocycles. The largest absolute Gasteiger partial charge is 0.504 e. The van der Waals surface area contributed by atoms with Gasteiger partial charge < -0.3 is 19.7 Å². The first-order valence-corrected chi connectivity index (χ1v) is 8.31. The summed E-state index contributed by atoms with van der Waals surface area (Å²) >= 11 is 0. The highest BCUT2D eigenvalue weighted by Crippen LogP contribution is 2.43. The lowest BCUT2D eigenvalue weighted by atomic mass is 9.71. The van der Waals surface area contributed by atoms with E-state index in [2.05, 4.69) is 19.1 Å². The Hall–Kier alpha value is -3.14. The Kier molecular flexibility index (Phi) is 4.76. The average molecular weight is 350 g/mol. The van der Waals surface area contributed by atoms with Gasteiger partial charge in [-0.05, 0) is 47.9 Å². The number of hydrogen-bond acceptors (Lipinski definition) is 4. The molecule has 0 aromatic heterocycles. The Morgan fingerprint density at radius 3 is 1.54 bits per heavy atom. The van der Waals surface area contributed by atoms with Crippen molar-refractivity contribution >= 4 is 0 Å². The van der Waals surface area contributed by atoms with Gasteiger partial charge in [-0.3, -0.25) is 0 Å². The van der Waals surface area contributed by atoms with E-state index in [1.807, 2.05) is 42.5 Å². The summed E-state index contributed by atoms with van der Waals surface area (Å²) in [5, 5.41) is 20.0.